The molecule has 0 atom stereocenters. The summed E-state index contributed by atoms with van der Waals surface area (Å²) in [6.45, 7) is 1.45. The van der Waals surface area contributed by atoms with E-state index in [2.05, 4.69) is 5.32 Å². The van der Waals surface area contributed by atoms with Crippen LogP contribution in [0.25, 0.3) is 10.9 Å². The second-order valence-electron chi connectivity index (χ2n) is 7.89. The van der Waals surface area contributed by atoms with Crippen LogP contribution < -0.4 is 5.32 Å². The molecule has 1 aliphatic rings. The van der Waals surface area contributed by atoms with Gasteiger partial charge in [0.2, 0.25) is 5.91 Å². The van der Waals surface area contributed by atoms with Gasteiger partial charge in [-0.3, -0.25) is 14.2 Å². The first-order valence-corrected chi connectivity index (χ1v) is 10.2. The lowest BCUT2D eigenvalue weighted by Crippen LogP contribution is -2.14. The largest absolute Gasteiger partial charge is 0.478 e. The smallest absolute Gasteiger partial charge is 0.335 e. The number of carboxylic acid groups (broad SMARTS) is 1. The lowest BCUT2D eigenvalue weighted by atomic mass is 9.83. The predicted molar refractivity (Wildman–Crippen MR) is 115 cm³/mol. The van der Waals surface area contributed by atoms with E-state index in [1.165, 1.54) is 30.2 Å². The SMILES string of the molecule is CC(=O)n1cc(C(=O)Nc2cc(C(=O)O)cc(C3CCCCC3)c2)c2ccccc21. The van der Waals surface area contributed by atoms with E-state index < -0.39 is 5.97 Å². The van der Waals surface area contributed by atoms with Crippen LogP contribution in [-0.2, 0) is 0 Å². The number of carbonyl (C=O) groups excluding carboxylic acids is 2. The minimum atomic E-state index is -1.02. The normalized spacial score (nSPS) is 14.6. The average Bonchev–Trinajstić information content (AvgIpc) is 3.14. The molecule has 1 amide bonds. The molecule has 0 radical (unpaired) electrons. The summed E-state index contributed by atoms with van der Waals surface area (Å²) in [7, 11) is 0. The first-order valence-electron chi connectivity index (χ1n) is 10.2. The number of rotatable bonds is 4. The van der Waals surface area contributed by atoms with Gasteiger partial charge in [-0.05, 0) is 48.6 Å². The number of nitrogens with zero attached hydrogens (tertiary/aromatic N) is 1. The van der Waals surface area contributed by atoms with Crippen molar-refractivity contribution in [2.45, 2.75) is 44.9 Å². The molecule has 1 aromatic heterocycles. The van der Waals surface area contributed by atoms with Gasteiger partial charge in [0.05, 0.1) is 16.6 Å². The highest BCUT2D eigenvalue weighted by molar-refractivity contribution is 6.14. The molecule has 0 saturated heterocycles. The van der Waals surface area contributed by atoms with E-state index in [4.69, 9.17) is 0 Å². The molecule has 3 aromatic rings. The van der Waals surface area contributed by atoms with Crippen molar-refractivity contribution >= 4 is 34.4 Å². The fourth-order valence-corrected chi connectivity index (χ4v) is 4.34. The number of benzene rings is 2. The molecule has 1 heterocycles. The summed E-state index contributed by atoms with van der Waals surface area (Å²) in [5.74, 6) is -1.26. The second kappa shape index (κ2) is 8.14. The average molecular weight is 404 g/mol. The Morgan fingerprint density at radius 3 is 2.47 bits per heavy atom. The van der Waals surface area contributed by atoms with Crippen molar-refractivity contribution in [3.63, 3.8) is 0 Å². The number of hydrogen-bond donors (Lipinski definition) is 2. The molecule has 0 bridgehead atoms. The molecule has 154 valence electrons. The summed E-state index contributed by atoms with van der Waals surface area (Å²) in [6.07, 6.45) is 7.07. The van der Waals surface area contributed by atoms with Gasteiger partial charge in [-0.25, -0.2) is 4.79 Å². The Balaban J connectivity index is 1.69. The Bertz CT molecular complexity index is 1140. The molecule has 2 aromatic carbocycles. The number of carbonyl (C=O) groups is 3. The number of amides is 1. The Kier molecular flexibility index (Phi) is 5.40. The van der Waals surface area contributed by atoms with Gasteiger partial charge < -0.3 is 10.4 Å². The van der Waals surface area contributed by atoms with Crippen molar-refractivity contribution in [1.29, 1.82) is 0 Å². The molecule has 1 saturated carbocycles. The van der Waals surface area contributed by atoms with Crippen molar-refractivity contribution in [2.24, 2.45) is 0 Å². The van der Waals surface area contributed by atoms with E-state index in [1.54, 1.807) is 18.2 Å². The lowest BCUT2D eigenvalue weighted by Gasteiger charge is -2.23. The Morgan fingerprint density at radius 2 is 1.77 bits per heavy atom. The quantitative estimate of drug-likeness (QED) is 0.618. The van der Waals surface area contributed by atoms with Crippen molar-refractivity contribution in [3.05, 3.63) is 65.4 Å². The summed E-state index contributed by atoms with van der Waals surface area (Å²) < 4.78 is 1.45. The van der Waals surface area contributed by atoms with Crippen molar-refractivity contribution in [3.8, 4) is 0 Å². The number of aromatic carboxylic acids is 1. The van der Waals surface area contributed by atoms with Gasteiger partial charge in [0.15, 0.2) is 0 Å². The van der Waals surface area contributed by atoms with Gasteiger partial charge >= 0.3 is 5.97 Å². The molecular formula is C24H24N2O4. The third-order valence-corrected chi connectivity index (χ3v) is 5.83. The molecular weight excluding hydrogens is 380 g/mol. The molecule has 4 rings (SSSR count). The van der Waals surface area contributed by atoms with Crippen LogP contribution in [0.1, 0.15) is 76.0 Å². The third kappa shape index (κ3) is 3.85. The van der Waals surface area contributed by atoms with E-state index in [0.717, 1.165) is 31.2 Å². The van der Waals surface area contributed by atoms with Crippen LogP contribution in [0.15, 0.2) is 48.7 Å². The Labute approximate surface area is 174 Å². The zero-order valence-electron chi connectivity index (χ0n) is 16.9. The number of carboxylic acids is 1. The van der Waals surface area contributed by atoms with Crippen LogP contribution in [0.4, 0.5) is 5.69 Å². The molecule has 6 heteroatoms. The molecule has 2 N–H and O–H groups in total. The van der Waals surface area contributed by atoms with Crippen molar-refractivity contribution < 1.29 is 19.5 Å². The lowest BCUT2D eigenvalue weighted by molar-refractivity contribution is 0.0696. The molecule has 0 spiro atoms. The van der Waals surface area contributed by atoms with Gasteiger partial charge in [-0.1, -0.05) is 37.5 Å². The maximum Gasteiger partial charge on any atom is 0.335 e. The van der Waals surface area contributed by atoms with Crippen LogP contribution in [0.5, 0.6) is 0 Å². The number of aromatic nitrogens is 1. The summed E-state index contributed by atoms with van der Waals surface area (Å²) in [4.78, 5) is 36.7. The molecule has 1 fully saturated rings. The summed E-state index contributed by atoms with van der Waals surface area (Å²) in [6, 6.07) is 12.3. The second-order valence-corrected chi connectivity index (χ2v) is 7.89. The van der Waals surface area contributed by atoms with E-state index in [1.807, 2.05) is 18.2 Å². The van der Waals surface area contributed by atoms with E-state index in [0.29, 0.717) is 28.1 Å². The molecule has 1 aliphatic carbocycles. The van der Waals surface area contributed by atoms with Gasteiger partial charge in [0.1, 0.15) is 0 Å². The number of hydrogen-bond acceptors (Lipinski definition) is 3. The van der Waals surface area contributed by atoms with Gasteiger partial charge in [-0.15, -0.1) is 0 Å². The van der Waals surface area contributed by atoms with Crippen LogP contribution in [0, 0.1) is 0 Å². The fourth-order valence-electron chi connectivity index (χ4n) is 4.34. The topological polar surface area (TPSA) is 88.4 Å². The van der Waals surface area contributed by atoms with Gasteiger partial charge in [-0.2, -0.15) is 0 Å². The first kappa shape index (κ1) is 19.9. The first-order chi connectivity index (χ1) is 14.4. The third-order valence-electron chi connectivity index (χ3n) is 5.83. The maximum absolute atomic E-state index is 13.0. The van der Waals surface area contributed by atoms with Crippen molar-refractivity contribution in [1.82, 2.24) is 4.57 Å². The summed E-state index contributed by atoms with van der Waals surface area (Å²) in [5.41, 5.74) is 2.62. The highest BCUT2D eigenvalue weighted by atomic mass is 16.4. The van der Waals surface area contributed by atoms with E-state index in [9.17, 15) is 19.5 Å². The molecule has 0 aliphatic heterocycles. The zero-order chi connectivity index (χ0) is 21.3. The minimum Gasteiger partial charge on any atom is -0.478 e. The zero-order valence-corrected chi connectivity index (χ0v) is 16.9. The summed E-state index contributed by atoms with van der Waals surface area (Å²) >= 11 is 0. The maximum atomic E-state index is 13.0. The van der Waals surface area contributed by atoms with Gasteiger partial charge in [0, 0.05) is 24.2 Å². The van der Waals surface area contributed by atoms with Crippen LogP contribution in [0.2, 0.25) is 0 Å². The highest BCUT2D eigenvalue weighted by Crippen LogP contribution is 2.34. The molecule has 6 nitrogen and oxygen atoms in total. The highest BCUT2D eigenvalue weighted by Gasteiger charge is 2.20. The van der Waals surface area contributed by atoms with Crippen LogP contribution in [0.3, 0.4) is 0 Å². The number of fused-ring (bicyclic) bond motifs is 1. The Morgan fingerprint density at radius 1 is 1.03 bits per heavy atom. The summed E-state index contributed by atoms with van der Waals surface area (Å²) in [5, 5.41) is 13.1. The fraction of sp³-hybridized carbons (Fsp3) is 0.292. The molecule has 30 heavy (non-hydrogen) atoms. The predicted octanol–water partition coefficient (Wildman–Crippen LogP) is 5.30. The van der Waals surface area contributed by atoms with E-state index in [-0.39, 0.29) is 17.4 Å². The number of nitrogens with one attached hydrogen (secondary N) is 1. The Hall–Kier alpha value is -3.41. The van der Waals surface area contributed by atoms with E-state index >= 15 is 0 Å². The van der Waals surface area contributed by atoms with Crippen molar-refractivity contribution in [2.75, 3.05) is 5.32 Å². The minimum absolute atomic E-state index is 0.166. The van der Waals surface area contributed by atoms with Crippen LogP contribution in [-0.4, -0.2) is 27.5 Å². The van der Waals surface area contributed by atoms with Crippen LogP contribution >= 0.6 is 0 Å². The standard InChI is InChI=1S/C24H24N2O4/c1-15(27)26-14-21(20-9-5-6-10-22(20)26)23(28)25-19-12-17(11-18(13-19)24(29)30)16-7-3-2-4-8-16/h5-6,9-14,16H,2-4,7-8H2,1H3,(H,25,28)(H,29,30). The molecule has 0 unspecified atom stereocenters. The monoisotopic (exact) mass is 404 g/mol. The number of para-hydroxylation sites is 1. The van der Waals surface area contributed by atoms with Gasteiger partial charge in [0.25, 0.3) is 5.91 Å². The number of anilines is 1.